The molecule has 0 aromatic heterocycles. The molecule has 1 heterocycles. The molecule has 126 valence electrons. The number of rotatable bonds is 9. The van der Waals surface area contributed by atoms with Crippen molar-refractivity contribution < 1.29 is 13.2 Å². The van der Waals surface area contributed by atoms with E-state index in [0.29, 0.717) is 38.3 Å². The molecule has 0 amide bonds. The summed E-state index contributed by atoms with van der Waals surface area (Å²) in [6, 6.07) is 0.227. The van der Waals surface area contributed by atoms with E-state index in [4.69, 9.17) is 4.74 Å². The van der Waals surface area contributed by atoms with Crippen LogP contribution in [0, 0.1) is 5.92 Å². The van der Waals surface area contributed by atoms with Crippen LogP contribution >= 0.6 is 0 Å². The quantitative estimate of drug-likeness (QED) is 0.663. The zero-order valence-electron chi connectivity index (χ0n) is 13.8. The summed E-state index contributed by atoms with van der Waals surface area (Å²) in [6.07, 6.45) is 2.01. The minimum atomic E-state index is -3.41. The van der Waals surface area contributed by atoms with Gasteiger partial charge in [-0.1, -0.05) is 13.8 Å². The van der Waals surface area contributed by atoms with Crippen LogP contribution in [0.25, 0.3) is 0 Å². The van der Waals surface area contributed by atoms with E-state index in [2.05, 4.69) is 23.9 Å². The van der Waals surface area contributed by atoms with Crippen LogP contribution in [0.1, 0.15) is 40.5 Å². The molecule has 2 unspecified atom stereocenters. The molecule has 0 saturated carbocycles. The molecule has 0 bridgehead atoms. The summed E-state index contributed by atoms with van der Waals surface area (Å²) >= 11 is 0. The third-order valence-electron chi connectivity index (χ3n) is 3.56. The molecule has 1 aliphatic heterocycles. The van der Waals surface area contributed by atoms with E-state index in [1.165, 1.54) is 0 Å². The first kappa shape index (κ1) is 18.8. The fourth-order valence-electron chi connectivity index (χ4n) is 2.47. The molecule has 0 radical (unpaired) electrons. The lowest BCUT2D eigenvalue weighted by atomic mass is 9.99. The molecule has 7 heteroatoms. The number of hydrogen-bond acceptors (Lipinski definition) is 4. The van der Waals surface area contributed by atoms with Gasteiger partial charge in [-0.15, -0.1) is 0 Å². The first-order valence-corrected chi connectivity index (χ1v) is 9.37. The summed E-state index contributed by atoms with van der Waals surface area (Å²) in [5.74, 6) is 0.389. The Hall–Kier alpha value is -0.210. The number of nitrogens with zero attached hydrogens (tertiary/aromatic N) is 1. The highest BCUT2D eigenvalue weighted by Gasteiger charge is 2.29. The van der Waals surface area contributed by atoms with E-state index < -0.39 is 10.2 Å². The van der Waals surface area contributed by atoms with Crippen molar-refractivity contribution in [1.82, 2.24) is 14.3 Å². The highest BCUT2D eigenvalue weighted by Crippen LogP contribution is 2.18. The number of nitrogens with one attached hydrogen (secondary N) is 2. The van der Waals surface area contributed by atoms with Gasteiger partial charge in [0.2, 0.25) is 0 Å². The van der Waals surface area contributed by atoms with Crippen LogP contribution in [0.15, 0.2) is 0 Å². The molecule has 0 aromatic rings. The molecular weight excluding hydrogens is 290 g/mol. The number of hydrogen-bond donors (Lipinski definition) is 2. The van der Waals surface area contributed by atoms with Gasteiger partial charge in [-0.25, -0.2) is 0 Å². The van der Waals surface area contributed by atoms with Crippen molar-refractivity contribution in [2.24, 2.45) is 5.92 Å². The van der Waals surface area contributed by atoms with Crippen LogP contribution in [0.5, 0.6) is 0 Å². The van der Waals surface area contributed by atoms with Crippen LogP contribution in [-0.4, -0.2) is 57.7 Å². The Balaban J connectivity index is 2.49. The molecule has 1 aliphatic rings. The Kier molecular flexibility index (Phi) is 8.12. The zero-order valence-corrected chi connectivity index (χ0v) is 14.6. The lowest BCUT2D eigenvalue weighted by Gasteiger charge is -2.33. The molecule has 21 heavy (non-hydrogen) atoms. The second-order valence-corrected chi connectivity index (χ2v) is 7.81. The topological polar surface area (TPSA) is 70.7 Å². The van der Waals surface area contributed by atoms with Crippen LogP contribution in [-0.2, 0) is 14.9 Å². The van der Waals surface area contributed by atoms with Crippen molar-refractivity contribution in [3.63, 3.8) is 0 Å². The summed E-state index contributed by atoms with van der Waals surface area (Å²) in [6.45, 7) is 11.0. The summed E-state index contributed by atoms with van der Waals surface area (Å²) in [5.41, 5.74) is 0. The third kappa shape index (κ3) is 7.06. The van der Waals surface area contributed by atoms with Gasteiger partial charge in [-0.3, -0.25) is 0 Å². The van der Waals surface area contributed by atoms with Crippen molar-refractivity contribution in [1.29, 1.82) is 0 Å². The highest BCUT2D eigenvalue weighted by molar-refractivity contribution is 7.87. The van der Waals surface area contributed by atoms with Crippen LogP contribution in [0.3, 0.4) is 0 Å². The Morgan fingerprint density at radius 2 is 2.05 bits per heavy atom. The van der Waals surface area contributed by atoms with Gasteiger partial charge in [0.25, 0.3) is 10.2 Å². The molecule has 0 spiro atoms. The van der Waals surface area contributed by atoms with Gasteiger partial charge < -0.3 is 10.1 Å². The van der Waals surface area contributed by atoms with Crippen molar-refractivity contribution in [3.05, 3.63) is 0 Å². The predicted octanol–water partition coefficient (Wildman–Crippen LogP) is 0.956. The third-order valence-corrected chi connectivity index (χ3v) is 5.27. The molecule has 0 aliphatic carbocycles. The summed E-state index contributed by atoms with van der Waals surface area (Å²) < 4.78 is 34.3. The van der Waals surface area contributed by atoms with Gasteiger partial charge in [0, 0.05) is 31.8 Å². The summed E-state index contributed by atoms with van der Waals surface area (Å²) in [4.78, 5) is 0. The zero-order chi connectivity index (χ0) is 15.9. The molecular formula is C14H31N3O3S. The van der Waals surface area contributed by atoms with Gasteiger partial charge in [0.05, 0.1) is 6.61 Å². The van der Waals surface area contributed by atoms with Crippen LogP contribution in [0.2, 0.25) is 0 Å². The van der Waals surface area contributed by atoms with Gasteiger partial charge in [-0.2, -0.15) is 17.4 Å². The number of piperidine rings is 1. The second kappa shape index (κ2) is 9.05. The van der Waals surface area contributed by atoms with E-state index in [1.54, 1.807) is 4.31 Å². The average Bonchev–Trinajstić information content (AvgIpc) is 2.43. The fourth-order valence-corrected chi connectivity index (χ4v) is 3.97. The van der Waals surface area contributed by atoms with Crippen LogP contribution < -0.4 is 10.0 Å². The van der Waals surface area contributed by atoms with E-state index >= 15 is 0 Å². The Morgan fingerprint density at radius 3 is 2.67 bits per heavy atom. The summed E-state index contributed by atoms with van der Waals surface area (Å²) in [5, 5.41) is 3.39. The molecule has 0 aromatic carbocycles. The van der Waals surface area contributed by atoms with Gasteiger partial charge in [0.1, 0.15) is 0 Å². The van der Waals surface area contributed by atoms with Gasteiger partial charge in [0.15, 0.2) is 0 Å². The van der Waals surface area contributed by atoms with Crippen molar-refractivity contribution in [3.8, 4) is 0 Å². The summed E-state index contributed by atoms with van der Waals surface area (Å²) in [7, 11) is -3.41. The molecule has 2 N–H and O–H groups in total. The smallest absolute Gasteiger partial charge is 0.279 e. The van der Waals surface area contributed by atoms with Crippen molar-refractivity contribution >= 4 is 10.2 Å². The lowest BCUT2D eigenvalue weighted by molar-refractivity contribution is 0.132. The molecule has 1 fully saturated rings. The minimum Gasteiger partial charge on any atom is -0.380 e. The normalized spacial score (nSPS) is 22.6. The van der Waals surface area contributed by atoms with E-state index in [9.17, 15) is 8.42 Å². The number of ether oxygens (including phenoxy) is 1. The standard InChI is InChI=1S/C14H31N3O3S/c1-5-20-11-13(4)16-21(18,19)17-8-6-7-14(10-17)9-15-12(2)3/h12-16H,5-11H2,1-4H3. The Bertz CT molecular complexity index is 387. The molecule has 2 atom stereocenters. The maximum absolute atomic E-state index is 12.4. The largest absolute Gasteiger partial charge is 0.380 e. The maximum atomic E-state index is 12.4. The average molecular weight is 321 g/mol. The maximum Gasteiger partial charge on any atom is 0.279 e. The fraction of sp³-hybridized carbons (Fsp3) is 1.00. The van der Waals surface area contributed by atoms with Crippen molar-refractivity contribution in [2.75, 3.05) is 32.8 Å². The Morgan fingerprint density at radius 1 is 1.33 bits per heavy atom. The highest BCUT2D eigenvalue weighted by atomic mass is 32.2. The van der Waals surface area contributed by atoms with Gasteiger partial charge in [-0.05, 0) is 39.2 Å². The van der Waals surface area contributed by atoms with E-state index in [1.807, 2.05) is 13.8 Å². The van der Waals surface area contributed by atoms with Crippen LogP contribution in [0.4, 0.5) is 0 Å². The first-order chi connectivity index (χ1) is 9.85. The molecule has 1 rings (SSSR count). The van der Waals surface area contributed by atoms with Crippen molar-refractivity contribution in [2.45, 2.75) is 52.6 Å². The SMILES string of the molecule is CCOCC(C)NS(=O)(=O)N1CCCC(CNC(C)C)C1. The molecule has 1 saturated heterocycles. The minimum absolute atomic E-state index is 0.205. The van der Waals surface area contributed by atoms with E-state index in [-0.39, 0.29) is 6.04 Å². The molecule has 6 nitrogen and oxygen atoms in total. The second-order valence-electron chi connectivity index (χ2n) is 6.11. The predicted molar refractivity (Wildman–Crippen MR) is 85.4 cm³/mol. The first-order valence-electron chi connectivity index (χ1n) is 7.93. The lowest BCUT2D eigenvalue weighted by Crippen LogP contribution is -2.50. The van der Waals surface area contributed by atoms with E-state index in [0.717, 1.165) is 19.4 Å². The monoisotopic (exact) mass is 321 g/mol. The Labute approximate surface area is 129 Å². The van der Waals surface area contributed by atoms with Gasteiger partial charge >= 0.3 is 0 Å².